The molecule has 0 spiro atoms. The van der Waals surface area contributed by atoms with Crippen molar-refractivity contribution in [3.8, 4) is 0 Å². The summed E-state index contributed by atoms with van der Waals surface area (Å²) in [6.45, 7) is 5.28. The van der Waals surface area contributed by atoms with Gasteiger partial charge in [-0.2, -0.15) is 5.10 Å². The Morgan fingerprint density at radius 1 is 1.69 bits per heavy atom. The second-order valence-corrected chi connectivity index (χ2v) is 3.45. The van der Waals surface area contributed by atoms with Crippen LogP contribution in [-0.2, 0) is 11.3 Å². The maximum atomic E-state index is 5.72. The van der Waals surface area contributed by atoms with Crippen LogP contribution in [0.25, 0.3) is 0 Å². The van der Waals surface area contributed by atoms with E-state index in [1.54, 1.807) is 10.9 Å². The van der Waals surface area contributed by atoms with Gasteiger partial charge in [-0.25, -0.2) is 0 Å². The van der Waals surface area contributed by atoms with Crippen LogP contribution >= 0.6 is 11.6 Å². The van der Waals surface area contributed by atoms with Crippen molar-refractivity contribution >= 4 is 17.4 Å². The Hall–Kier alpha value is -0.740. The zero-order chi connectivity index (χ0) is 9.84. The van der Waals surface area contributed by atoms with E-state index >= 15 is 0 Å². The molecule has 13 heavy (non-hydrogen) atoms. The molecule has 0 radical (unpaired) electrons. The zero-order valence-electron chi connectivity index (χ0n) is 7.83. The van der Waals surface area contributed by atoms with Crippen molar-refractivity contribution in [3.63, 3.8) is 0 Å². The van der Waals surface area contributed by atoms with Gasteiger partial charge in [0, 0.05) is 6.20 Å². The number of ether oxygens (including phenoxy) is 1. The van der Waals surface area contributed by atoms with Gasteiger partial charge in [0.05, 0.1) is 19.3 Å². The molecule has 0 aliphatic rings. The Labute approximate surface area is 82.6 Å². The molecule has 5 heteroatoms. The maximum Gasteiger partial charge on any atom is 0.164 e. The zero-order valence-corrected chi connectivity index (χ0v) is 8.58. The Morgan fingerprint density at radius 2 is 2.38 bits per heavy atom. The van der Waals surface area contributed by atoms with Crippen LogP contribution in [0.15, 0.2) is 6.20 Å². The fourth-order valence-electron chi connectivity index (χ4n) is 0.908. The smallest absolute Gasteiger partial charge is 0.164 e. The van der Waals surface area contributed by atoms with Gasteiger partial charge < -0.3 is 10.5 Å². The lowest BCUT2D eigenvalue weighted by Crippen LogP contribution is -2.10. The summed E-state index contributed by atoms with van der Waals surface area (Å²) in [5.74, 6) is 0.367. The molecule has 0 unspecified atom stereocenters. The summed E-state index contributed by atoms with van der Waals surface area (Å²) < 4.78 is 7.03. The van der Waals surface area contributed by atoms with Crippen LogP contribution < -0.4 is 5.73 Å². The first-order chi connectivity index (χ1) is 6.09. The number of nitrogens with two attached hydrogens (primary N) is 1. The van der Waals surface area contributed by atoms with Gasteiger partial charge in [0.25, 0.3) is 0 Å². The molecule has 74 valence electrons. The van der Waals surface area contributed by atoms with Crippen LogP contribution in [0.5, 0.6) is 0 Å². The Kier molecular flexibility index (Phi) is 3.57. The van der Waals surface area contributed by atoms with E-state index < -0.39 is 0 Å². The van der Waals surface area contributed by atoms with E-state index in [4.69, 9.17) is 22.1 Å². The summed E-state index contributed by atoms with van der Waals surface area (Å²) in [5.41, 5.74) is 5.47. The van der Waals surface area contributed by atoms with Crippen molar-refractivity contribution in [1.29, 1.82) is 0 Å². The second-order valence-electron chi connectivity index (χ2n) is 3.04. The fraction of sp³-hybridized carbons (Fsp3) is 0.625. The first-order valence-electron chi connectivity index (χ1n) is 4.19. The van der Waals surface area contributed by atoms with Crippen LogP contribution in [-0.4, -0.2) is 22.5 Å². The average molecular weight is 204 g/mol. The quantitative estimate of drug-likeness (QED) is 0.808. The largest absolute Gasteiger partial charge is 0.381 e. The molecule has 0 aliphatic carbocycles. The van der Waals surface area contributed by atoms with E-state index in [1.807, 2.05) is 13.8 Å². The SMILES string of the molecule is CC(C)OCCn1cc(Cl)c(N)n1. The third-order valence-corrected chi connectivity index (χ3v) is 1.81. The van der Waals surface area contributed by atoms with Crippen LogP contribution in [0.1, 0.15) is 13.8 Å². The van der Waals surface area contributed by atoms with Gasteiger partial charge >= 0.3 is 0 Å². The summed E-state index contributed by atoms with van der Waals surface area (Å²) in [6, 6.07) is 0. The summed E-state index contributed by atoms with van der Waals surface area (Å²) in [7, 11) is 0. The average Bonchev–Trinajstić information content (AvgIpc) is 2.30. The van der Waals surface area contributed by atoms with Crippen molar-refractivity contribution in [2.75, 3.05) is 12.3 Å². The number of nitrogens with zero attached hydrogens (tertiary/aromatic N) is 2. The normalized spacial score (nSPS) is 11.1. The van der Waals surface area contributed by atoms with E-state index in [0.29, 0.717) is 24.0 Å². The number of hydrogen-bond donors (Lipinski definition) is 1. The van der Waals surface area contributed by atoms with Crippen LogP contribution in [0.3, 0.4) is 0 Å². The Balaban J connectivity index is 2.37. The van der Waals surface area contributed by atoms with Crippen molar-refractivity contribution in [3.05, 3.63) is 11.2 Å². The topological polar surface area (TPSA) is 53.1 Å². The van der Waals surface area contributed by atoms with E-state index in [2.05, 4.69) is 5.10 Å². The van der Waals surface area contributed by atoms with Gasteiger partial charge in [-0.05, 0) is 13.8 Å². The van der Waals surface area contributed by atoms with E-state index in [9.17, 15) is 0 Å². The lowest BCUT2D eigenvalue weighted by atomic mass is 10.5. The van der Waals surface area contributed by atoms with Gasteiger partial charge in [0.2, 0.25) is 0 Å². The van der Waals surface area contributed by atoms with Gasteiger partial charge in [0.15, 0.2) is 5.82 Å². The lowest BCUT2D eigenvalue weighted by Gasteiger charge is -2.06. The monoisotopic (exact) mass is 203 g/mol. The van der Waals surface area contributed by atoms with Crippen LogP contribution in [0, 0.1) is 0 Å². The number of halogens is 1. The number of anilines is 1. The highest BCUT2D eigenvalue weighted by atomic mass is 35.5. The van der Waals surface area contributed by atoms with Gasteiger partial charge in [-0.3, -0.25) is 4.68 Å². The minimum Gasteiger partial charge on any atom is -0.381 e. The van der Waals surface area contributed by atoms with Crippen molar-refractivity contribution < 1.29 is 4.74 Å². The first kappa shape index (κ1) is 10.3. The second kappa shape index (κ2) is 4.48. The summed E-state index contributed by atoms with van der Waals surface area (Å²) in [6.07, 6.45) is 1.93. The predicted molar refractivity (Wildman–Crippen MR) is 52.7 cm³/mol. The molecule has 1 aromatic heterocycles. The molecule has 2 N–H and O–H groups in total. The number of aromatic nitrogens is 2. The van der Waals surface area contributed by atoms with Gasteiger partial charge in [-0.15, -0.1) is 0 Å². The molecule has 1 aromatic rings. The number of hydrogen-bond acceptors (Lipinski definition) is 3. The van der Waals surface area contributed by atoms with Crippen LogP contribution in [0.2, 0.25) is 5.02 Å². The van der Waals surface area contributed by atoms with Crippen molar-refractivity contribution in [2.24, 2.45) is 0 Å². The highest BCUT2D eigenvalue weighted by Crippen LogP contribution is 2.14. The highest BCUT2D eigenvalue weighted by Gasteiger charge is 2.02. The van der Waals surface area contributed by atoms with Crippen LogP contribution in [0.4, 0.5) is 5.82 Å². The third kappa shape index (κ3) is 3.24. The highest BCUT2D eigenvalue weighted by molar-refractivity contribution is 6.32. The molecule has 1 rings (SSSR count). The van der Waals surface area contributed by atoms with Crippen molar-refractivity contribution in [2.45, 2.75) is 26.5 Å². The molecule has 0 saturated heterocycles. The number of nitrogen functional groups attached to an aromatic ring is 1. The van der Waals surface area contributed by atoms with E-state index in [0.717, 1.165) is 0 Å². The Bertz CT molecular complexity index is 253. The standard InChI is InChI=1S/C8H14ClN3O/c1-6(2)13-4-3-12-5-7(9)8(10)11-12/h5-6H,3-4H2,1-2H3,(H2,10,11). The minimum absolute atomic E-state index is 0.239. The Morgan fingerprint density at radius 3 is 2.85 bits per heavy atom. The fourth-order valence-corrected chi connectivity index (χ4v) is 1.06. The molecule has 0 amide bonds. The molecular formula is C8H14ClN3O. The van der Waals surface area contributed by atoms with E-state index in [-0.39, 0.29) is 6.10 Å². The number of rotatable bonds is 4. The molecule has 4 nitrogen and oxygen atoms in total. The lowest BCUT2D eigenvalue weighted by molar-refractivity contribution is 0.0710. The minimum atomic E-state index is 0.239. The molecule has 0 aromatic carbocycles. The summed E-state index contributed by atoms with van der Waals surface area (Å²) in [5, 5.41) is 4.48. The predicted octanol–water partition coefficient (Wildman–Crippen LogP) is 1.54. The molecule has 0 saturated carbocycles. The molecule has 0 bridgehead atoms. The van der Waals surface area contributed by atoms with Crippen molar-refractivity contribution in [1.82, 2.24) is 9.78 Å². The van der Waals surface area contributed by atoms with E-state index in [1.165, 1.54) is 0 Å². The molecule has 1 heterocycles. The molecule has 0 atom stereocenters. The molecule has 0 fully saturated rings. The molecular weight excluding hydrogens is 190 g/mol. The molecule has 0 aliphatic heterocycles. The van der Waals surface area contributed by atoms with Gasteiger partial charge in [0.1, 0.15) is 5.02 Å². The first-order valence-corrected chi connectivity index (χ1v) is 4.57. The summed E-state index contributed by atoms with van der Waals surface area (Å²) in [4.78, 5) is 0. The third-order valence-electron chi connectivity index (χ3n) is 1.51. The summed E-state index contributed by atoms with van der Waals surface area (Å²) >= 11 is 5.72. The van der Waals surface area contributed by atoms with Gasteiger partial charge in [-0.1, -0.05) is 11.6 Å². The maximum absolute atomic E-state index is 5.72.